The third-order valence-electron chi connectivity index (χ3n) is 8.09. The van der Waals surface area contributed by atoms with Gasteiger partial charge in [-0.2, -0.15) is 0 Å². The zero-order valence-corrected chi connectivity index (χ0v) is 30.5. The van der Waals surface area contributed by atoms with Crippen molar-refractivity contribution in [1.29, 1.82) is 0 Å². The molecule has 0 radical (unpaired) electrons. The highest BCUT2D eigenvalue weighted by Gasteiger charge is 2.25. The number of carbonyl (C=O) groups is 9. The number of nitrogens with one attached hydrogen (secondary N) is 5. The van der Waals surface area contributed by atoms with E-state index in [1.165, 1.54) is 12.2 Å². The predicted molar refractivity (Wildman–Crippen MR) is 191 cm³/mol. The first kappa shape index (κ1) is 43.8. The number of carbonyl (C=O) groups excluding carboxylic acids is 9. The second-order valence-electron chi connectivity index (χ2n) is 12.2. The molecule has 1 atom stereocenters. The van der Waals surface area contributed by atoms with Gasteiger partial charge in [-0.1, -0.05) is 30.3 Å². The van der Waals surface area contributed by atoms with Gasteiger partial charge in [-0.25, -0.2) is 0 Å². The normalized spacial score (nSPS) is 15.9. The standard InChI is InChI=1S/C35H48N8O12/c44-14-19-55-25-39-29(46)22-38-35(52)27(20-26-4-2-1-3-5-26)40-30(47)23-36-28(45)21-37-31(48)24-41-10-15-53-17-12-42(13-18-54-16-11-41)32(49)8-9-43-33(50)6-7-34(43)51/h1-7,14,27H,8-13,15-25H2,(H,36,45)(H,37,48)(H,38,52)(H,39,46)(H,40,47)/t27-/m0/s1. The smallest absolute Gasteiger partial charge is 0.253 e. The van der Waals surface area contributed by atoms with Crippen LogP contribution in [0, 0.1) is 0 Å². The number of benzene rings is 1. The highest BCUT2D eigenvalue weighted by molar-refractivity contribution is 6.13. The lowest BCUT2D eigenvalue weighted by Gasteiger charge is -2.26. The van der Waals surface area contributed by atoms with Crippen LogP contribution in [0.4, 0.5) is 0 Å². The van der Waals surface area contributed by atoms with Crippen molar-refractivity contribution in [2.75, 3.05) is 98.7 Å². The van der Waals surface area contributed by atoms with E-state index in [1.807, 2.05) is 0 Å². The Morgan fingerprint density at radius 1 is 0.745 bits per heavy atom. The van der Waals surface area contributed by atoms with Gasteiger partial charge >= 0.3 is 0 Å². The second-order valence-corrected chi connectivity index (χ2v) is 12.2. The molecular weight excluding hydrogens is 724 g/mol. The van der Waals surface area contributed by atoms with Crippen molar-refractivity contribution in [1.82, 2.24) is 41.3 Å². The van der Waals surface area contributed by atoms with Crippen LogP contribution in [0.2, 0.25) is 0 Å². The van der Waals surface area contributed by atoms with Crippen LogP contribution in [0.3, 0.4) is 0 Å². The van der Waals surface area contributed by atoms with E-state index in [9.17, 15) is 43.2 Å². The van der Waals surface area contributed by atoms with Gasteiger partial charge in [0.1, 0.15) is 25.7 Å². The average molecular weight is 773 g/mol. The molecule has 0 spiro atoms. The summed E-state index contributed by atoms with van der Waals surface area (Å²) in [6.07, 6.45) is 2.94. The molecule has 3 rings (SSSR count). The van der Waals surface area contributed by atoms with Gasteiger partial charge in [-0.3, -0.25) is 48.2 Å². The van der Waals surface area contributed by atoms with Gasteiger partial charge in [0.2, 0.25) is 35.4 Å². The van der Waals surface area contributed by atoms with E-state index in [2.05, 4.69) is 26.6 Å². The van der Waals surface area contributed by atoms with Gasteiger partial charge in [0.15, 0.2) is 0 Å². The number of hydrogen-bond donors (Lipinski definition) is 5. The summed E-state index contributed by atoms with van der Waals surface area (Å²) in [5, 5.41) is 12.3. The lowest BCUT2D eigenvalue weighted by molar-refractivity contribution is -0.139. The molecule has 0 aromatic heterocycles. The molecule has 1 saturated heterocycles. The van der Waals surface area contributed by atoms with E-state index in [0.717, 1.165) is 10.5 Å². The Bertz CT molecular complexity index is 1490. The second kappa shape index (κ2) is 24.7. The largest absolute Gasteiger partial charge is 0.378 e. The number of amides is 8. The lowest BCUT2D eigenvalue weighted by atomic mass is 10.1. The summed E-state index contributed by atoms with van der Waals surface area (Å²) in [6, 6.07) is 7.77. The van der Waals surface area contributed by atoms with Gasteiger partial charge in [0, 0.05) is 57.7 Å². The number of imide groups is 1. The van der Waals surface area contributed by atoms with E-state index >= 15 is 0 Å². The number of aldehydes is 1. The molecule has 2 aliphatic heterocycles. The van der Waals surface area contributed by atoms with Crippen LogP contribution in [0.1, 0.15) is 12.0 Å². The van der Waals surface area contributed by atoms with E-state index < -0.39 is 67.0 Å². The maximum atomic E-state index is 12.9. The first-order valence-electron chi connectivity index (χ1n) is 17.7. The summed E-state index contributed by atoms with van der Waals surface area (Å²) in [5.74, 6) is -4.13. The summed E-state index contributed by atoms with van der Waals surface area (Å²) >= 11 is 0. The molecule has 300 valence electrons. The van der Waals surface area contributed by atoms with E-state index in [1.54, 1.807) is 40.1 Å². The SMILES string of the molecule is O=CCOCNC(=O)CNC(=O)[C@H](Cc1ccccc1)NC(=O)CNC(=O)CNC(=O)CN1CCOCCN(C(=O)CCN2C(=O)C=CC2=O)CCOCC1. The van der Waals surface area contributed by atoms with E-state index in [-0.39, 0.29) is 84.7 Å². The molecule has 20 nitrogen and oxygen atoms in total. The van der Waals surface area contributed by atoms with E-state index in [4.69, 9.17) is 14.2 Å². The minimum atomic E-state index is -1.08. The number of ether oxygens (including phenoxy) is 3. The van der Waals surface area contributed by atoms with Gasteiger partial charge < -0.3 is 50.5 Å². The molecule has 0 aliphatic carbocycles. The fraction of sp³-hybridized carbons (Fsp3) is 0.514. The number of rotatable bonds is 19. The van der Waals surface area contributed by atoms with Gasteiger partial charge in [0.25, 0.3) is 11.8 Å². The third-order valence-corrected chi connectivity index (χ3v) is 8.09. The van der Waals surface area contributed by atoms with Crippen LogP contribution in [0.5, 0.6) is 0 Å². The molecule has 8 amide bonds. The quantitative estimate of drug-likeness (QED) is 0.0388. The number of nitrogens with zero attached hydrogens (tertiary/aromatic N) is 3. The van der Waals surface area contributed by atoms with Crippen molar-refractivity contribution < 1.29 is 57.4 Å². The van der Waals surface area contributed by atoms with Crippen molar-refractivity contribution in [3.63, 3.8) is 0 Å². The molecule has 0 bridgehead atoms. The lowest BCUT2D eigenvalue weighted by Crippen LogP contribution is -2.52. The van der Waals surface area contributed by atoms with Crippen LogP contribution >= 0.6 is 0 Å². The van der Waals surface area contributed by atoms with Crippen LogP contribution in [0.15, 0.2) is 42.5 Å². The summed E-state index contributed by atoms with van der Waals surface area (Å²) in [5.41, 5.74) is 0.734. The van der Waals surface area contributed by atoms with Gasteiger partial charge in [-0.15, -0.1) is 0 Å². The Morgan fingerprint density at radius 3 is 1.98 bits per heavy atom. The Balaban J connectivity index is 1.36. The van der Waals surface area contributed by atoms with Gasteiger partial charge in [-0.05, 0) is 5.56 Å². The van der Waals surface area contributed by atoms with Crippen LogP contribution in [-0.4, -0.2) is 173 Å². The number of hydrogen-bond acceptors (Lipinski definition) is 13. The van der Waals surface area contributed by atoms with Crippen LogP contribution < -0.4 is 26.6 Å². The summed E-state index contributed by atoms with van der Waals surface area (Å²) < 4.78 is 16.2. The van der Waals surface area contributed by atoms with Crippen LogP contribution in [0.25, 0.3) is 0 Å². The first-order chi connectivity index (χ1) is 26.5. The van der Waals surface area contributed by atoms with Crippen molar-refractivity contribution in [3.05, 3.63) is 48.0 Å². The Morgan fingerprint density at radius 2 is 1.33 bits per heavy atom. The van der Waals surface area contributed by atoms with Gasteiger partial charge in [0.05, 0.1) is 52.6 Å². The zero-order chi connectivity index (χ0) is 39.8. The van der Waals surface area contributed by atoms with Crippen molar-refractivity contribution >= 4 is 53.5 Å². The molecule has 2 aliphatic rings. The maximum absolute atomic E-state index is 12.9. The minimum Gasteiger partial charge on any atom is -0.378 e. The molecule has 0 unspecified atom stereocenters. The monoisotopic (exact) mass is 772 g/mol. The Hall–Kier alpha value is -5.57. The fourth-order valence-corrected chi connectivity index (χ4v) is 5.16. The molecular formula is C35H48N8O12. The Kier molecular flexibility index (Phi) is 19.7. The predicted octanol–water partition coefficient (Wildman–Crippen LogP) is -4.16. The highest BCUT2D eigenvalue weighted by atomic mass is 16.5. The fourth-order valence-electron chi connectivity index (χ4n) is 5.16. The molecule has 1 aromatic carbocycles. The highest BCUT2D eigenvalue weighted by Crippen LogP contribution is 2.07. The minimum absolute atomic E-state index is 0.0148. The van der Waals surface area contributed by atoms with E-state index in [0.29, 0.717) is 19.4 Å². The van der Waals surface area contributed by atoms with Crippen molar-refractivity contribution in [2.24, 2.45) is 0 Å². The molecule has 2 heterocycles. The zero-order valence-electron chi connectivity index (χ0n) is 30.5. The molecule has 55 heavy (non-hydrogen) atoms. The molecule has 20 heteroatoms. The topological polar surface area (TPSA) is 251 Å². The maximum Gasteiger partial charge on any atom is 0.253 e. The molecule has 0 saturated carbocycles. The molecule has 5 N–H and O–H groups in total. The molecule has 1 fully saturated rings. The van der Waals surface area contributed by atoms with Crippen molar-refractivity contribution in [3.8, 4) is 0 Å². The summed E-state index contributed by atoms with van der Waals surface area (Å²) in [6.45, 7) is 0.419. The summed E-state index contributed by atoms with van der Waals surface area (Å²) in [4.78, 5) is 114. The Labute approximate surface area is 317 Å². The average Bonchev–Trinajstić information content (AvgIpc) is 3.49. The first-order valence-corrected chi connectivity index (χ1v) is 17.7. The summed E-state index contributed by atoms with van der Waals surface area (Å²) in [7, 11) is 0. The van der Waals surface area contributed by atoms with Crippen LogP contribution in [-0.2, 0) is 63.8 Å². The third kappa shape index (κ3) is 17.4. The molecule has 1 aromatic rings. The van der Waals surface area contributed by atoms with Crippen molar-refractivity contribution in [2.45, 2.75) is 18.9 Å².